The maximum Gasteiger partial charge on any atom is 0.137 e. The molecule has 0 saturated carbocycles. The summed E-state index contributed by atoms with van der Waals surface area (Å²) in [6.07, 6.45) is 0.616. The monoisotopic (exact) mass is 226 g/mol. The van der Waals surface area contributed by atoms with Crippen LogP contribution in [0.25, 0.3) is 0 Å². The fraction of sp³-hybridized carbons (Fsp3) is 0.333. The van der Waals surface area contributed by atoms with Gasteiger partial charge in [-0.1, -0.05) is 11.8 Å². The van der Waals surface area contributed by atoms with Gasteiger partial charge in [0.05, 0.1) is 12.2 Å². The zero-order valence-corrected chi connectivity index (χ0v) is 9.27. The van der Waals surface area contributed by atoms with E-state index in [1.807, 2.05) is 6.92 Å². The van der Waals surface area contributed by atoms with Crippen molar-refractivity contribution in [2.45, 2.75) is 13.3 Å². The van der Waals surface area contributed by atoms with E-state index in [1.165, 1.54) is 12.1 Å². The Bertz CT molecular complexity index is 379. The minimum absolute atomic E-state index is 0.318. The van der Waals surface area contributed by atoms with Gasteiger partial charge in [-0.05, 0) is 19.1 Å². The lowest BCUT2D eigenvalue weighted by Crippen LogP contribution is -1.95. The second kappa shape index (κ2) is 6.31. The molecule has 3 heteroatoms. The third kappa shape index (κ3) is 3.81. The van der Waals surface area contributed by atoms with Crippen molar-refractivity contribution in [1.29, 1.82) is 0 Å². The van der Waals surface area contributed by atoms with Crippen molar-refractivity contribution in [1.82, 2.24) is 0 Å². The Labute approximate surface area is 94.2 Å². The van der Waals surface area contributed by atoms with Crippen LogP contribution in [-0.2, 0) is 0 Å². The molecular formula is C12H12ClFO. The minimum atomic E-state index is -0.318. The summed E-state index contributed by atoms with van der Waals surface area (Å²) in [7, 11) is 0. The zero-order valence-electron chi connectivity index (χ0n) is 8.52. The molecule has 0 aliphatic rings. The number of hydrogen-bond acceptors (Lipinski definition) is 1. The van der Waals surface area contributed by atoms with Gasteiger partial charge in [-0.15, -0.1) is 11.6 Å². The van der Waals surface area contributed by atoms with Gasteiger partial charge in [0.25, 0.3) is 0 Å². The number of benzene rings is 1. The minimum Gasteiger partial charge on any atom is -0.492 e. The van der Waals surface area contributed by atoms with Crippen LogP contribution in [0.1, 0.15) is 18.9 Å². The van der Waals surface area contributed by atoms with Crippen molar-refractivity contribution < 1.29 is 9.13 Å². The smallest absolute Gasteiger partial charge is 0.137 e. The molecular weight excluding hydrogens is 215 g/mol. The highest BCUT2D eigenvalue weighted by atomic mass is 35.5. The maximum atomic E-state index is 12.9. The molecule has 1 nitrogen and oxygen atoms in total. The van der Waals surface area contributed by atoms with E-state index in [9.17, 15) is 4.39 Å². The molecule has 0 heterocycles. The van der Waals surface area contributed by atoms with Crippen molar-refractivity contribution in [3.8, 4) is 17.6 Å². The first kappa shape index (κ1) is 11.9. The largest absolute Gasteiger partial charge is 0.492 e. The van der Waals surface area contributed by atoms with Crippen LogP contribution in [0.2, 0.25) is 0 Å². The number of halogens is 2. The van der Waals surface area contributed by atoms with Crippen LogP contribution in [0.5, 0.6) is 5.75 Å². The molecule has 0 fully saturated rings. The van der Waals surface area contributed by atoms with E-state index in [2.05, 4.69) is 11.8 Å². The Balaban J connectivity index is 2.91. The first-order valence-electron chi connectivity index (χ1n) is 4.75. The lowest BCUT2D eigenvalue weighted by molar-refractivity contribution is 0.337. The van der Waals surface area contributed by atoms with Crippen LogP contribution in [0, 0.1) is 17.7 Å². The van der Waals surface area contributed by atoms with E-state index in [0.29, 0.717) is 30.2 Å². The second-order valence-corrected chi connectivity index (χ2v) is 3.19. The first-order chi connectivity index (χ1) is 7.27. The summed E-state index contributed by atoms with van der Waals surface area (Å²) in [5.74, 6) is 6.45. The zero-order chi connectivity index (χ0) is 11.1. The topological polar surface area (TPSA) is 9.23 Å². The summed E-state index contributed by atoms with van der Waals surface area (Å²) >= 11 is 5.50. The molecule has 0 atom stereocenters. The van der Waals surface area contributed by atoms with Gasteiger partial charge in [-0.25, -0.2) is 4.39 Å². The third-order valence-corrected chi connectivity index (χ3v) is 1.88. The van der Waals surface area contributed by atoms with Crippen molar-refractivity contribution in [2.24, 2.45) is 0 Å². The van der Waals surface area contributed by atoms with E-state index >= 15 is 0 Å². The van der Waals surface area contributed by atoms with Gasteiger partial charge >= 0.3 is 0 Å². The Hall–Kier alpha value is -1.20. The fourth-order valence-electron chi connectivity index (χ4n) is 1.08. The molecule has 0 N–H and O–H groups in total. The van der Waals surface area contributed by atoms with Crippen LogP contribution >= 0.6 is 11.6 Å². The van der Waals surface area contributed by atoms with Crippen LogP contribution in [0.15, 0.2) is 18.2 Å². The van der Waals surface area contributed by atoms with E-state index < -0.39 is 0 Å². The van der Waals surface area contributed by atoms with Crippen LogP contribution in [0.3, 0.4) is 0 Å². The van der Waals surface area contributed by atoms with Gasteiger partial charge in [0.2, 0.25) is 0 Å². The lowest BCUT2D eigenvalue weighted by Gasteiger charge is -2.05. The molecule has 1 aromatic rings. The van der Waals surface area contributed by atoms with Crippen LogP contribution < -0.4 is 4.74 Å². The van der Waals surface area contributed by atoms with Gasteiger partial charge in [0, 0.05) is 18.4 Å². The molecule has 0 aliphatic heterocycles. The number of ether oxygens (including phenoxy) is 1. The number of rotatable bonds is 3. The van der Waals surface area contributed by atoms with E-state index in [4.69, 9.17) is 16.3 Å². The van der Waals surface area contributed by atoms with Crippen molar-refractivity contribution in [3.63, 3.8) is 0 Å². The third-order valence-electron chi connectivity index (χ3n) is 1.69. The molecule has 0 radical (unpaired) electrons. The normalized spacial score (nSPS) is 9.27. The van der Waals surface area contributed by atoms with Gasteiger partial charge in [-0.3, -0.25) is 0 Å². The van der Waals surface area contributed by atoms with Gasteiger partial charge in [-0.2, -0.15) is 0 Å². The molecule has 0 spiro atoms. The predicted molar refractivity (Wildman–Crippen MR) is 59.8 cm³/mol. The highest BCUT2D eigenvalue weighted by Crippen LogP contribution is 2.18. The standard InChI is InChI=1S/C12H12ClFO/c1-2-15-12-9-11(14)7-6-10(12)5-3-4-8-13/h6-7,9H,2,4,8H2,1H3. The average Bonchev–Trinajstić information content (AvgIpc) is 2.22. The SMILES string of the molecule is CCOc1cc(F)ccc1C#CCCCl. The molecule has 0 amide bonds. The van der Waals surface area contributed by atoms with Gasteiger partial charge in [0.1, 0.15) is 11.6 Å². The van der Waals surface area contributed by atoms with Gasteiger partial charge in [0.15, 0.2) is 0 Å². The summed E-state index contributed by atoms with van der Waals surface area (Å²) in [5, 5.41) is 0. The summed E-state index contributed by atoms with van der Waals surface area (Å²) in [5.41, 5.74) is 0.698. The molecule has 0 unspecified atom stereocenters. The molecule has 1 aromatic carbocycles. The quantitative estimate of drug-likeness (QED) is 0.568. The Morgan fingerprint density at radius 1 is 1.47 bits per heavy atom. The van der Waals surface area contributed by atoms with Crippen LogP contribution in [-0.4, -0.2) is 12.5 Å². The molecule has 15 heavy (non-hydrogen) atoms. The average molecular weight is 227 g/mol. The molecule has 80 valence electrons. The highest BCUT2D eigenvalue weighted by molar-refractivity contribution is 6.18. The molecule has 0 aliphatic carbocycles. The fourth-order valence-corrected chi connectivity index (χ4v) is 1.17. The lowest BCUT2D eigenvalue weighted by atomic mass is 10.2. The Morgan fingerprint density at radius 2 is 2.27 bits per heavy atom. The summed E-state index contributed by atoms with van der Waals surface area (Å²) < 4.78 is 18.2. The number of alkyl halides is 1. The second-order valence-electron chi connectivity index (χ2n) is 2.81. The van der Waals surface area contributed by atoms with E-state index in [1.54, 1.807) is 6.07 Å². The van der Waals surface area contributed by atoms with Crippen molar-refractivity contribution >= 4 is 11.6 Å². The first-order valence-corrected chi connectivity index (χ1v) is 5.28. The highest BCUT2D eigenvalue weighted by Gasteiger charge is 2.01. The molecule has 0 aromatic heterocycles. The van der Waals surface area contributed by atoms with E-state index in [0.717, 1.165) is 0 Å². The Morgan fingerprint density at radius 3 is 2.93 bits per heavy atom. The van der Waals surface area contributed by atoms with Crippen LogP contribution in [0.4, 0.5) is 4.39 Å². The summed E-state index contributed by atoms with van der Waals surface area (Å²) in [6.45, 7) is 2.34. The molecule has 0 bridgehead atoms. The van der Waals surface area contributed by atoms with Crippen molar-refractivity contribution in [2.75, 3.05) is 12.5 Å². The molecule has 0 saturated heterocycles. The summed E-state index contributed by atoms with van der Waals surface area (Å²) in [4.78, 5) is 0. The number of hydrogen-bond donors (Lipinski definition) is 0. The van der Waals surface area contributed by atoms with Crippen molar-refractivity contribution in [3.05, 3.63) is 29.6 Å². The predicted octanol–water partition coefficient (Wildman–Crippen LogP) is 3.20. The van der Waals surface area contributed by atoms with E-state index in [-0.39, 0.29) is 5.82 Å². The van der Waals surface area contributed by atoms with Gasteiger partial charge < -0.3 is 4.74 Å². The Kier molecular flexibility index (Phi) is 5.00. The summed E-state index contributed by atoms with van der Waals surface area (Å²) in [6, 6.07) is 4.32. The molecule has 1 rings (SSSR count). The maximum absolute atomic E-state index is 12.9.